The van der Waals surface area contributed by atoms with Crippen molar-refractivity contribution in [2.45, 2.75) is 12.1 Å². The average molecular weight is 366 g/mol. The maximum Gasteiger partial charge on any atom is 0.274 e. The second kappa shape index (κ2) is 7.88. The number of nitrogens with zero attached hydrogens (tertiary/aromatic N) is 2. The van der Waals surface area contributed by atoms with Gasteiger partial charge >= 0.3 is 0 Å². The summed E-state index contributed by atoms with van der Waals surface area (Å²) in [6.07, 6.45) is 3.48. The number of carbonyl (C=O) groups excluding carboxylic acids is 2. The number of anilines is 2. The van der Waals surface area contributed by atoms with Gasteiger partial charge in [-0.05, 0) is 36.6 Å². The average Bonchev–Trinajstić information content (AvgIpc) is 3.06. The van der Waals surface area contributed by atoms with Gasteiger partial charge in [-0.1, -0.05) is 36.0 Å². The van der Waals surface area contributed by atoms with Crippen molar-refractivity contribution >= 4 is 35.0 Å². The molecule has 2 amide bonds. The maximum atomic E-state index is 12.8. The van der Waals surface area contributed by atoms with Gasteiger partial charge in [0.2, 0.25) is 5.91 Å². The molecular weight excluding hydrogens is 348 g/mol. The van der Waals surface area contributed by atoms with Gasteiger partial charge in [0.1, 0.15) is 5.69 Å². The monoisotopic (exact) mass is 366 g/mol. The quantitative estimate of drug-likeness (QED) is 0.674. The van der Waals surface area contributed by atoms with Crippen molar-refractivity contribution in [3.05, 3.63) is 66.5 Å². The highest BCUT2D eigenvalue weighted by atomic mass is 32.2. The zero-order valence-corrected chi connectivity index (χ0v) is 15.2. The number of carbonyl (C=O) groups is 2. The van der Waals surface area contributed by atoms with Crippen LogP contribution >= 0.6 is 11.8 Å². The first kappa shape index (κ1) is 17.8. The summed E-state index contributed by atoms with van der Waals surface area (Å²) >= 11 is 1.47. The number of hydrogen-bond donors (Lipinski definition) is 2. The molecule has 0 bridgehead atoms. The second-order valence-corrected chi connectivity index (χ2v) is 6.29. The van der Waals surface area contributed by atoms with E-state index in [2.05, 4.69) is 15.6 Å². The smallest absolute Gasteiger partial charge is 0.274 e. The Morgan fingerprint density at radius 3 is 2.35 bits per heavy atom. The summed E-state index contributed by atoms with van der Waals surface area (Å²) < 4.78 is 1.82. The normalized spacial score (nSPS) is 10.4. The number of aromatic nitrogens is 2. The summed E-state index contributed by atoms with van der Waals surface area (Å²) in [5.74, 6) is -0.443. The van der Waals surface area contributed by atoms with Gasteiger partial charge in [-0.2, -0.15) is 0 Å². The van der Waals surface area contributed by atoms with Gasteiger partial charge in [-0.15, -0.1) is 0 Å². The van der Waals surface area contributed by atoms with Crippen LogP contribution in [-0.4, -0.2) is 27.6 Å². The van der Waals surface area contributed by atoms with Crippen molar-refractivity contribution in [3.8, 4) is 5.69 Å². The standard InChI is InChI=1S/C19H18N4O2S/c1-13(24)21-14-7-6-8-15(11-14)22-18(25)17-12-20-19(26-2)23(17)16-9-4-3-5-10-16/h3-12H,1-2H3,(H,21,24)(H,22,25). The number of amides is 2. The van der Waals surface area contributed by atoms with E-state index in [0.717, 1.165) is 10.8 Å². The number of thioether (sulfide) groups is 1. The molecular formula is C19H18N4O2S. The molecule has 26 heavy (non-hydrogen) atoms. The van der Waals surface area contributed by atoms with Crippen molar-refractivity contribution in [2.24, 2.45) is 0 Å². The third-order valence-electron chi connectivity index (χ3n) is 3.60. The Kier molecular flexibility index (Phi) is 5.38. The zero-order chi connectivity index (χ0) is 18.5. The topological polar surface area (TPSA) is 76.0 Å². The molecule has 0 aliphatic carbocycles. The highest BCUT2D eigenvalue weighted by molar-refractivity contribution is 7.98. The fraction of sp³-hybridized carbons (Fsp3) is 0.105. The molecule has 3 rings (SSSR count). The van der Waals surface area contributed by atoms with E-state index in [-0.39, 0.29) is 11.8 Å². The third-order valence-corrected chi connectivity index (χ3v) is 4.25. The van der Waals surface area contributed by atoms with E-state index in [1.807, 2.05) is 41.2 Å². The van der Waals surface area contributed by atoms with E-state index < -0.39 is 0 Å². The lowest BCUT2D eigenvalue weighted by Crippen LogP contribution is -2.17. The summed E-state index contributed by atoms with van der Waals surface area (Å²) in [7, 11) is 0. The lowest BCUT2D eigenvalue weighted by atomic mass is 10.2. The Morgan fingerprint density at radius 2 is 1.69 bits per heavy atom. The SMILES string of the molecule is CSc1ncc(C(=O)Nc2cccc(NC(C)=O)c2)n1-c1ccccc1. The van der Waals surface area contributed by atoms with Crippen molar-refractivity contribution in [2.75, 3.05) is 16.9 Å². The summed E-state index contributed by atoms with van der Waals surface area (Å²) in [6, 6.07) is 16.6. The molecule has 0 saturated heterocycles. The minimum absolute atomic E-state index is 0.166. The van der Waals surface area contributed by atoms with Crippen LogP contribution in [0.2, 0.25) is 0 Å². The number of benzene rings is 2. The van der Waals surface area contributed by atoms with Crippen LogP contribution in [0.1, 0.15) is 17.4 Å². The molecule has 0 radical (unpaired) electrons. The highest BCUT2D eigenvalue weighted by Gasteiger charge is 2.17. The van der Waals surface area contributed by atoms with Crippen LogP contribution in [0.4, 0.5) is 11.4 Å². The first-order valence-electron chi connectivity index (χ1n) is 7.94. The molecule has 1 aromatic heterocycles. The van der Waals surface area contributed by atoms with Gasteiger partial charge in [-0.3, -0.25) is 14.2 Å². The second-order valence-electron chi connectivity index (χ2n) is 5.52. The van der Waals surface area contributed by atoms with Crippen LogP contribution < -0.4 is 10.6 Å². The number of hydrogen-bond acceptors (Lipinski definition) is 4. The molecule has 7 heteroatoms. The summed E-state index contributed by atoms with van der Waals surface area (Å²) in [5, 5.41) is 6.29. The molecule has 1 heterocycles. The molecule has 0 aliphatic heterocycles. The van der Waals surface area contributed by atoms with Crippen LogP contribution in [0, 0.1) is 0 Å². The van der Waals surface area contributed by atoms with Gasteiger partial charge in [0.05, 0.1) is 6.20 Å². The minimum atomic E-state index is -0.276. The van der Waals surface area contributed by atoms with Crippen LogP contribution in [0.15, 0.2) is 66.0 Å². The molecule has 132 valence electrons. The first-order chi connectivity index (χ1) is 12.6. The van der Waals surface area contributed by atoms with Crippen molar-refractivity contribution < 1.29 is 9.59 Å². The predicted molar refractivity (Wildman–Crippen MR) is 104 cm³/mol. The Bertz CT molecular complexity index is 938. The Balaban J connectivity index is 1.90. The Morgan fingerprint density at radius 1 is 1.00 bits per heavy atom. The summed E-state index contributed by atoms with van der Waals surface area (Å²) in [6.45, 7) is 1.44. The fourth-order valence-electron chi connectivity index (χ4n) is 2.54. The largest absolute Gasteiger partial charge is 0.326 e. The van der Waals surface area contributed by atoms with E-state index in [1.54, 1.807) is 30.5 Å². The van der Waals surface area contributed by atoms with E-state index in [9.17, 15) is 9.59 Å². The number of para-hydroxylation sites is 1. The van der Waals surface area contributed by atoms with Crippen LogP contribution in [0.5, 0.6) is 0 Å². The molecule has 6 nitrogen and oxygen atoms in total. The zero-order valence-electron chi connectivity index (χ0n) is 14.4. The maximum absolute atomic E-state index is 12.8. The molecule has 3 aromatic rings. The highest BCUT2D eigenvalue weighted by Crippen LogP contribution is 2.23. The molecule has 0 aliphatic rings. The van der Waals surface area contributed by atoms with Gasteiger partial charge in [0.15, 0.2) is 5.16 Å². The van der Waals surface area contributed by atoms with E-state index in [1.165, 1.54) is 18.7 Å². The van der Waals surface area contributed by atoms with Gasteiger partial charge in [0.25, 0.3) is 5.91 Å². The fourth-order valence-corrected chi connectivity index (χ4v) is 3.08. The molecule has 0 unspecified atom stereocenters. The number of rotatable bonds is 5. The van der Waals surface area contributed by atoms with Crippen molar-refractivity contribution in [1.29, 1.82) is 0 Å². The van der Waals surface area contributed by atoms with E-state index >= 15 is 0 Å². The van der Waals surface area contributed by atoms with Crippen LogP contribution in [-0.2, 0) is 4.79 Å². The van der Waals surface area contributed by atoms with E-state index in [0.29, 0.717) is 17.1 Å². The number of nitrogens with one attached hydrogen (secondary N) is 2. The molecule has 0 spiro atoms. The van der Waals surface area contributed by atoms with Gasteiger partial charge < -0.3 is 10.6 Å². The lowest BCUT2D eigenvalue weighted by Gasteiger charge is -2.12. The van der Waals surface area contributed by atoms with Gasteiger partial charge in [0, 0.05) is 24.0 Å². The van der Waals surface area contributed by atoms with Crippen LogP contribution in [0.3, 0.4) is 0 Å². The predicted octanol–water partition coefficient (Wildman–Crippen LogP) is 3.80. The lowest BCUT2D eigenvalue weighted by molar-refractivity contribution is -0.114. The van der Waals surface area contributed by atoms with E-state index in [4.69, 9.17) is 0 Å². The molecule has 0 saturated carbocycles. The molecule has 2 aromatic carbocycles. The molecule has 0 atom stereocenters. The van der Waals surface area contributed by atoms with Gasteiger partial charge in [-0.25, -0.2) is 4.98 Å². The summed E-state index contributed by atoms with van der Waals surface area (Å²) in [4.78, 5) is 28.3. The third kappa shape index (κ3) is 3.94. The van der Waals surface area contributed by atoms with Crippen LogP contribution in [0.25, 0.3) is 5.69 Å². The Labute approximate surface area is 155 Å². The minimum Gasteiger partial charge on any atom is -0.326 e. The Hall–Kier alpha value is -3.06. The number of imidazole rings is 1. The molecule has 0 fully saturated rings. The van der Waals surface area contributed by atoms with Crippen molar-refractivity contribution in [1.82, 2.24) is 9.55 Å². The molecule has 2 N–H and O–H groups in total. The first-order valence-corrected chi connectivity index (χ1v) is 9.17. The van der Waals surface area contributed by atoms with Crippen molar-refractivity contribution in [3.63, 3.8) is 0 Å². The summed E-state index contributed by atoms with van der Waals surface area (Å²) in [5.41, 5.74) is 2.52.